The van der Waals surface area contributed by atoms with Gasteiger partial charge in [0.05, 0.1) is 6.26 Å². The van der Waals surface area contributed by atoms with Gasteiger partial charge in [-0.15, -0.1) is 0 Å². The van der Waals surface area contributed by atoms with E-state index in [1.165, 1.54) is 4.31 Å². The summed E-state index contributed by atoms with van der Waals surface area (Å²) in [6.45, 7) is 0.383. The normalized spacial score (nSPS) is 18.3. The van der Waals surface area contributed by atoms with Gasteiger partial charge in [-0.25, -0.2) is 8.42 Å². The van der Waals surface area contributed by atoms with Gasteiger partial charge >= 0.3 is 0 Å². The number of rotatable bonds is 5. The van der Waals surface area contributed by atoms with Crippen LogP contribution in [0.5, 0.6) is 11.5 Å². The van der Waals surface area contributed by atoms with Crippen molar-refractivity contribution in [1.29, 1.82) is 0 Å². The van der Waals surface area contributed by atoms with Gasteiger partial charge in [-0.1, -0.05) is 30.7 Å². The maximum absolute atomic E-state index is 12.6. The molecule has 0 spiro atoms. The lowest BCUT2D eigenvalue weighted by atomic mass is 10.0. The van der Waals surface area contributed by atoms with Crippen molar-refractivity contribution in [3.63, 3.8) is 0 Å². The zero-order chi connectivity index (χ0) is 18.6. The summed E-state index contributed by atoms with van der Waals surface area (Å²) in [6.07, 6.45) is 3.28. The number of hydrogen-bond acceptors (Lipinski definition) is 4. The van der Waals surface area contributed by atoms with Crippen LogP contribution in [0.25, 0.3) is 0 Å². The summed E-state index contributed by atoms with van der Waals surface area (Å²) in [5, 5.41) is 2.81. The Morgan fingerprint density at radius 1 is 1.08 bits per heavy atom. The predicted molar refractivity (Wildman–Crippen MR) is 101 cm³/mol. The van der Waals surface area contributed by atoms with Crippen LogP contribution in [0.1, 0.15) is 19.3 Å². The van der Waals surface area contributed by atoms with E-state index in [1.807, 2.05) is 30.3 Å². The molecule has 0 aliphatic carbocycles. The molecule has 1 aliphatic heterocycles. The summed E-state index contributed by atoms with van der Waals surface area (Å²) in [5.41, 5.74) is 0.572. The van der Waals surface area contributed by atoms with Gasteiger partial charge in [0, 0.05) is 18.3 Å². The van der Waals surface area contributed by atoms with Crippen LogP contribution in [0.3, 0.4) is 0 Å². The average molecular weight is 374 g/mol. The molecule has 138 valence electrons. The molecule has 0 aromatic heterocycles. The second-order valence-electron chi connectivity index (χ2n) is 6.32. The molecule has 1 heterocycles. The third-order valence-electron chi connectivity index (χ3n) is 4.26. The van der Waals surface area contributed by atoms with E-state index in [9.17, 15) is 13.2 Å². The van der Waals surface area contributed by atoms with Gasteiger partial charge in [-0.3, -0.25) is 4.79 Å². The molecule has 1 unspecified atom stereocenters. The molecule has 0 saturated carbocycles. The van der Waals surface area contributed by atoms with Gasteiger partial charge in [0.15, 0.2) is 0 Å². The summed E-state index contributed by atoms with van der Waals surface area (Å²) in [5.74, 6) is 0.983. The number of hydrogen-bond donors (Lipinski definition) is 1. The number of amides is 1. The van der Waals surface area contributed by atoms with E-state index < -0.39 is 16.1 Å². The van der Waals surface area contributed by atoms with Gasteiger partial charge in [-0.05, 0) is 37.1 Å². The van der Waals surface area contributed by atoms with E-state index >= 15 is 0 Å². The molecule has 2 aromatic rings. The Bertz CT molecular complexity index is 868. The minimum Gasteiger partial charge on any atom is -0.457 e. The van der Waals surface area contributed by atoms with E-state index in [0.717, 1.165) is 19.1 Å². The molecule has 3 rings (SSSR count). The Hall–Kier alpha value is -2.38. The molecule has 0 radical (unpaired) electrons. The summed E-state index contributed by atoms with van der Waals surface area (Å²) in [7, 11) is -3.41. The number of benzene rings is 2. The van der Waals surface area contributed by atoms with Gasteiger partial charge in [0.2, 0.25) is 15.9 Å². The molecule has 1 atom stereocenters. The standard InChI is InChI=1S/C19H22N2O4S/c1-26(23,24)21-13-6-5-12-18(21)19(22)20-15-8-7-11-17(14-15)25-16-9-3-2-4-10-16/h2-4,7-11,14,18H,5-6,12-13H2,1H3,(H,20,22). The Morgan fingerprint density at radius 3 is 2.54 bits per heavy atom. The number of para-hydroxylation sites is 1. The lowest BCUT2D eigenvalue weighted by molar-refractivity contribution is -0.120. The minimum absolute atomic E-state index is 0.313. The first-order chi connectivity index (χ1) is 12.4. The molecular weight excluding hydrogens is 352 g/mol. The molecule has 6 nitrogen and oxygen atoms in total. The van der Waals surface area contributed by atoms with Crippen LogP contribution in [-0.2, 0) is 14.8 Å². The Balaban J connectivity index is 1.72. The summed E-state index contributed by atoms with van der Waals surface area (Å²) >= 11 is 0. The number of nitrogens with zero attached hydrogens (tertiary/aromatic N) is 1. The van der Waals surface area contributed by atoms with Crippen LogP contribution >= 0.6 is 0 Å². The Labute approximate surface area is 153 Å². The third kappa shape index (κ3) is 4.62. The Morgan fingerprint density at radius 2 is 1.81 bits per heavy atom. The quantitative estimate of drug-likeness (QED) is 0.872. The SMILES string of the molecule is CS(=O)(=O)N1CCCCC1C(=O)Nc1cccc(Oc2ccccc2)c1. The second kappa shape index (κ2) is 7.88. The minimum atomic E-state index is -3.41. The maximum Gasteiger partial charge on any atom is 0.242 e. The van der Waals surface area contributed by atoms with Crippen LogP contribution in [-0.4, -0.2) is 37.5 Å². The number of nitrogens with one attached hydrogen (secondary N) is 1. The van der Waals surface area contributed by atoms with Crippen molar-refractivity contribution in [3.05, 3.63) is 54.6 Å². The van der Waals surface area contributed by atoms with E-state index in [2.05, 4.69) is 5.32 Å². The second-order valence-corrected chi connectivity index (χ2v) is 8.25. The van der Waals surface area contributed by atoms with Crippen molar-refractivity contribution < 1.29 is 17.9 Å². The molecule has 2 aromatic carbocycles. The Kier molecular flexibility index (Phi) is 5.58. The number of anilines is 1. The first kappa shape index (κ1) is 18.4. The molecule has 1 aliphatic rings. The third-order valence-corrected chi connectivity index (χ3v) is 5.55. The lowest BCUT2D eigenvalue weighted by Crippen LogP contribution is -2.49. The van der Waals surface area contributed by atoms with E-state index in [4.69, 9.17) is 4.74 Å². The summed E-state index contributed by atoms with van der Waals surface area (Å²) < 4.78 is 30.9. The highest BCUT2D eigenvalue weighted by atomic mass is 32.2. The number of piperidine rings is 1. The number of carbonyl (C=O) groups excluding carboxylic acids is 1. The van der Waals surface area contributed by atoms with Gasteiger partial charge < -0.3 is 10.1 Å². The van der Waals surface area contributed by atoms with Crippen LogP contribution in [0.4, 0.5) is 5.69 Å². The van der Waals surface area contributed by atoms with Crippen molar-refractivity contribution in [2.75, 3.05) is 18.1 Å². The van der Waals surface area contributed by atoms with Crippen LogP contribution in [0.2, 0.25) is 0 Å². The maximum atomic E-state index is 12.6. The largest absolute Gasteiger partial charge is 0.457 e. The smallest absolute Gasteiger partial charge is 0.242 e. The van der Waals surface area contributed by atoms with Crippen LogP contribution in [0.15, 0.2) is 54.6 Å². The van der Waals surface area contributed by atoms with E-state index in [1.54, 1.807) is 24.3 Å². The predicted octanol–water partition coefficient (Wildman–Crippen LogP) is 3.23. The van der Waals surface area contributed by atoms with Crippen molar-refractivity contribution in [1.82, 2.24) is 4.31 Å². The van der Waals surface area contributed by atoms with Gasteiger partial charge in [0.1, 0.15) is 17.5 Å². The highest BCUT2D eigenvalue weighted by Gasteiger charge is 2.34. The monoisotopic (exact) mass is 374 g/mol. The molecule has 1 amide bonds. The highest BCUT2D eigenvalue weighted by molar-refractivity contribution is 7.88. The number of ether oxygens (including phenoxy) is 1. The summed E-state index contributed by atoms with van der Waals surface area (Å²) in [4.78, 5) is 12.6. The molecule has 7 heteroatoms. The highest BCUT2D eigenvalue weighted by Crippen LogP contribution is 2.25. The molecule has 26 heavy (non-hydrogen) atoms. The molecule has 1 fully saturated rings. The van der Waals surface area contributed by atoms with Crippen molar-refractivity contribution in [2.24, 2.45) is 0 Å². The van der Waals surface area contributed by atoms with Crippen LogP contribution < -0.4 is 10.1 Å². The fourth-order valence-corrected chi connectivity index (χ4v) is 4.18. The lowest BCUT2D eigenvalue weighted by Gasteiger charge is -2.32. The first-order valence-electron chi connectivity index (χ1n) is 8.54. The molecule has 0 bridgehead atoms. The molecular formula is C19H22N2O4S. The first-order valence-corrected chi connectivity index (χ1v) is 10.4. The summed E-state index contributed by atoms with van der Waals surface area (Å²) in [6, 6.07) is 15.7. The number of sulfonamides is 1. The van der Waals surface area contributed by atoms with Crippen molar-refractivity contribution >= 4 is 21.6 Å². The zero-order valence-corrected chi connectivity index (χ0v) is 15.4. The molecule has 1 saturated heterocycles. The van der Waals surface area contributed by atoms with E-state index in [0.29, 0.717) is 30.2 Å². The fourth-order valence-electron chi connectivity index (χ4n) is 3.05. The van der Waals surface area contributed by atoms with Gasteiger partial charge in [0.25, 0.3) is 0 Å². The zero-order valence-electron chi connectivity index (χ0n) is 14.6. The van der Waals surface area contributed by atoms with E-state index in [-0.39, 0.29) is 5.91 Å². The van der Waals surface area contributed by atoms with Crippen LogP contribution in [0, 0.1) is 0 Å². The van der Waals surface area contributed by atoms with Crippen molar-refractivity contribution in [3.8, 4) is 11.5 Å². The fraction of sp³-hybridized carbons (Fsp3) is 0.316. The molecule has 1 N–H and O–H groups in total. The van der Waals surface area contributed by atoms with Gasteiger partial charge in [-0.2, -0.15) is 4.31 Å². The average Bonchev–Trinajstić information content (AvgIpc) is 2.62. The van der Waals surface area contributed by atoms with Crippen molar-refractivity contribution in [2.45, 2.75) is 25.3 Å². The topological polar surface area (TPSA) is 75.7 Å². The number of carbonyl (C=O) groups is 1.